The van der Waals surface area contributed by atoms with Crippen LogP contribution in [0, 0.1) is 0 Å². The van der Waals surface area contributed by atoms with Crippen LogP contribution in [-0.4, -0.2) is 35.9 Å². The van der Waals surface area contributed by atoms with Crippen molar-refractivity contribution in [3.8, 4) is 0 Å². The fourth-order valence-electron chi connectivity index (χ4n) is 1.58. The molecular weight excluding hydrogens is 290 g/mol. The number of esters is 1. The molecule has 0 unspecified atom stereocenters. The molecule has 0 spiro atoms. The van der Waals surface area contributed by atoms with E-state index in [9.17, 15) is 9.59 Å². The zero-order valence-electron chi connectivity index (χ0n) is 12.1. The Morgan fingerprint density at radius 1 is 1.29 bits per heavy atom. The molecule has 1 aromatic carbocycles. The van der Waals surface area contributed by atoms with Crippen molar-refractivity contribution < 1.29 is 19.4 Å². The highest BCUT2D eigenvalue weighted by Crippen LogP contribution is 2.18. The van der Waals surface area contributed by atoms with E-state index in [0.29, 0.717) is 31.7 Å². The molecule has 2 N–H and O–H groups in total. The zero-order valence-corrected chi connectivity index (χ0v) is 12.9. The number of carbonyl (C=O) groups is 2. The lowest BCUT2D eigenvalue weighted by molar-refractivity contribution is -0.143. The number of hydrogen-bond donors (Lipinski definition) is 2. The molecule has 1 rings (SSSR count). The number of thioether (sulfide) groups is 1. The summed E-state index contributed by atoms with van der Waals surface area (Å²) >= 11 is 1.43. The number of aliphatic hydroxyl groups excluding tert-OH is 1. The van der Waals surface area contributed by atoms with Crippen LogP contribution in [0.5, 0.6) is 0 Å². The van der Waals surface area contributed by atoms with Gasteiger partial charge in [0.25, 0.3) is 0 Å². The van der Waals surface area contributed by atoms with Gasteiger partial charge in [0, 0.05) is 17.9 Å². The van der Waals surface area contributed by atoms with Gasteiger partial charge in [0.1, 0.15) is 0 Å². The van der Waals surface area contributed by atoms with Gasteiger partial charge in [0.05, 0.1) is 19.0 Å². The molecule has 1 aromatic rings. The maximum Gasteiger partial charge on any atom is 0.305 e. The topological polar surface area (TPSA) is 75.6 Å². The van der Waals surface area contributed by atoms with Gasteiger partial charge in [-0.3, -0.25) is 9.59 Å². The first-order valence-electron chi connectivity index (χ1n) is 6.90. The minimum Gasteiger partial charge on any atom is -0.466 e. The van der Waals surface area contributed by atoms with E-state index in [4.69, 9.17) is 9.84 Å². The highest BCUT2D eigenvalue weighted by molar-refractivity contribution is 8.00. The second-order valence-electron chi connectivity index (χ2n) is 4.35. The van der Waals surface area contributed by atoms with Gasteiger partial charge in [0.15, 0.2) is 0 Å². The van der Waals surface area contributed by atoms with E-state index in [1.165, 1.54) is 11.8 Å². The van der Waals surface area contributed by atoms with E-state index >= 15 is 0 Å². The number of amides is 1. The van der Waals surface area contributed by atoms with E-state index in [2.05, 4.69) is 5.32 Å². The smallest absolute Gasteiger partial charge is 0.305 e. The number of benzene rings is 1. The lowest BCUT2D eigenvalue weighted by Crippen LogP contribution is -2.26. The first kappa shape index (κ1) is 17.5. The van der Waals surface area contributed by atoms with Gasteiger partial charge in [-0.1, -0.05) is 12.1 Å². The quantitative estimate of drug-likeness (QED) is 0.413. The predicted octanol–water partition coefficient (Wildman–Crippen LogP) is 1.73. The van der Waals surface area contributed by atoms with E-state index in [1.807, 2.05) is 24.3 Å². The van der Waals surface area contributed by atoms with Gasteiger partial charge < -0.3 is 15.2 Å². The van der Waals surface area contributed by atoms with E-state index in [-0.39, 0.29) is 18.5 Å². The second kappa shape index (κ2) is 10.2. The summed E-state index contributed by atoms with van der Waals surface area (Å²) in [5.41, 5.74) is 0.850. The Balaban J connectivity index is 2.14. The van der Waals surface area contributed by atoms with Gasteiger partial charge in [-0.15, -0.1) is 11.8 Å². The number of aliphatic hydroxyl groups is 1. The van der Waals surface area contributed by atoms with Crippen molar-refractivity contribution in [1.29, 1.82) is 0 Å². The van der Waals surface area contributed by atoms with Crippen LogP contribution in [0.2, 0.25) is 0 Å². The fraction of sp³-hybridized carbons (Fsp3) is 0.467. The lowest BCUT2D eigenvalue weighted by atomic mass is 10.2. The largest absolute Gasteiger partial charge is 0.466 e. The molecule has 0 bridgehead atoms. The molecule has 0 aliphatic heterocycles. The highest BCUT2D eigenvalue weighted by Gasteiger charge is 2.04. The Labute approximate surface area is 129 Å². The molecule has 0 saturated carbocycles. The second-order valence-corrected chi connectivity index (χ2v) is 5.40. The van der Waals surface area contributed by atoms with Crippen LogP contribution < -0.4 is 5.32 Å². The summed E-state index contributed by atoms with van der Waals surface area (Å²) in [4.78, 5) is 23.7. The van der Waals surface area contributed by atoms with Crippen LogP contribution >= 0.6 is 11.8 Å². The van der Waals surface area contributed by atoms with Crippen LogP contribution in [0.3, 0.4) is 0 Å². The maximum atomic E-state index is 11.6. The van der Waals surface area contributed by atoms with Crippen LogP contribution in [0.1, 0.15) is 25.3 Å². The summed E-state index contributed by atoms with van der Waals surface area (Å²) in [5.74, 6) is 0.0397. The van der Waals surface area contributed by atoms with E-state index in [0.717, 1.165) is 10.5 Å². The van der Waals surface area contributed by atoms with Crippen LogP contribution in [-0.2, 0) is 20.9 Å². The summed E-state index contributed by atoms with van der Waals surface area (Å²) in [5, 5.41) is 11.7. The molecule has 116 valence electrons. The predicted molar refractivity (Wildman–Crippen MR) is 82.0 cm³/mol. The standard InChI is InChI=1S/C15H21NO4S/c1-2-20-15(19)4-3-9-16-14(18)11-21-13-7-5-12(10-17)6-8-13/h5-8,17H,2-4,9-11H2,1H3,(H,16,18). The van der Waals surface area contributed by atoms with Gasteiger partial charge >= 0.3 is 5.97 Å². The molecule has 5 nitrogen and oxygen atoms in total. The van der Waals surface area contributed by atoms with E-state index < -0.39 is 0 Å². The Morgan fingerprint density at radius 3 is 2.62 bits per heavy atom. The molecule has 0 radical (unpaired) electrons. The number of nitrogens with one attached hydrogen (secondary N) is 1. The van der Waals surface area contributed by atoms with Crippen molar-refractivity contribution >= 4 is 23.6 Å². The maximum absolute atomic E-state index is 11.6. The number of carbonyl (C=O) groups excluding carboxylic acids is 2. The van der Waals surface area contributed by atoms with Crippen molar-refractivity contribution in [2.45, 2.75) is 31.3 Å². The molecule has 21 heavy (non-hydrogen) atoms. The van der Waals surface area contributed by atoms with Crippen LogP contribution in [0.4, 0.5) is 0 Å². The van der Waals surface area contributed by atoms with Crippen molar-refractivity contribution in [2.24, 2.45) is 0 Å². The van der Waals surface area contributed by atoms with Crippen molar-refractivity contribution in [3.63, 3.8) is 0 Å². The molecule has 0 saturated heterocycles. The first-order valence-corrected chi connectivity index (χ1v) is 7.89. The Bertz CT molecular complexity index is 447. The summed E-state index contributed by atoms with van der Waals surface area (Å²) in [7, 11) is 0. The molecule has 6 heteroatoms. The molecule has 1 amide bonds. The number of ether oxygens (including phenoxy) is 1. The lowest BCUT2D eigenvalue weighted by Gasteiger charge is -2.05. The minimum absolute atomic E-state index is 0.0197. The van der Waals surface area contributed by atoms with E-state index in [1.54, 1.807) is 6.92 Å². The van der Waals surface area contributed by atoms with Crippen LogP contribution in [0.15, 0.2) is 29.2 Å². The Morgan fingerprint density at radius 2 is 2.00 bits per heavy atom. The molecule has 0 aromatic heterocycles. The first-order chi connectivity index (χ1) is 10.2. The number of hydrogen-bond acceptors (Lipinski definition) is 5. The summed E-state index contributed by atoms with van der Waals surface area (Å²) in [6.07, 6.45) is 0.907. The third-order valence-electron chi connectivity index (χ3n) is 2.66. The van der Waals surface area contributed by atoms with Gasteiger partial charge in [-0.05, 0) is 31.0 Å². The molecular formula is C15H21NO4S. The Kier molecular flexibility index (Phi) is 8.54. The summed E-state index contributed by atoms with van der Waals surface area (Å²) < 4.78 is 4.80. The minimum atomic E-state index is -0.231. The molecule has 0 fully saturated rings. The molecule has 0 aliphatic carbocycles. The van der Waals surface area contributed by atoms with Crippen molar-refractivity contribution in [3.05, 3.63) is 29.8 Å². The monoisotopic (exact) mass is 311 g/mol. The Hall–Kier alpha value is -1.53. The average Bonchev–Trinajstić information content (AvgIpc) is 2.50. The molecule has 0 atom stereocenters. The van der Waals surface area contributed by atoms with Gasteiger partial charge in [-0.25, -0.2) is 0 Å². The normalized spacial score (nSPS) is 10.2. The number of rotatable bonds is 9. The zero-order chi connectivity index (χ0) is 15.5. The fourth-order valence-corrected chi connectivity index (χ4v) is 2.31. The SMILES string of the molecule is CCOC(=O)CCCNC(=O)CSc1ccc(CO)cc1. The van der Waals surface area contributed by atoms with Gasteiger partial charge in [-0.2, -0.15) is 0 Å². The third-order valence-corrected chi connectivity index (χ3v) is 3.67. The van der Waals surface area contributed by atoms with Gasteiger partial charge in [0.2, 0.25) is 5.91 Å². The highest BCUT2D eigenvalue weighted by atomic mass is 32.2. The summed E-state index contributed by atoms with van der Waals surface area (Å²) in [6.45, 7) is 2.65. The van der Waals surface area contributed by atoms with Crippen molar-refractivity contribution in [1.82, 2.24) is 5.32 Å². The van der Waals surface area contributed by atoms with Crippen molar-refractivity contribution in [2.75, 3.05) is 18.9 Å². The summed E-state index contributed by atoms with van der Waals surface area (Å²) in [6, 6.07) is 7.42. The third kappa shape index (κ3) is 7.72. The average molecular weight is 311 g/mol. The molecule has 0 aliphatic rings. The molecule has 0 heterocycles. The van der Waals surface area contributed by atoms with Crippen LogP contribution in [0.25, 0.3) is 0 Å².